The minimum absolute atomic E-state index is 0. The van der Waals surface area contributed by atoms with Gasteiger partial charge in [0.25, 0.3) is 0 Å². The van der Waals surface area contributed by atoms with Crippen LogP contribution in [0.3, 0.4) is 0 Å². The van der Waals surface area contributed by atoms with Gasteiger partial charge in [0.05, 0.1) is 24.8 Å². The van der Waals surface area contributed by atoms with Crippen LogP contribution in [0.15, 0.2) is 23.2 Å². The second-order valence-corrected chi connectivity index (χ2v) is 6.61. The Kier molecular flexibility index (Phi) is 9.25. The SMILES string of the molecule is CN=C(NCc1cc(C#N)ccc1F)NCC(C)(C)N1CCOCC1.I. The van der Waals surface area contributed by atoms with Crippen LogP contribution >= 0.6 is 24.0 Å². The molecule has 26 heavy (non-hydrogen) atoms. The molecule has 0 atom stereocenters. The summed E-state index contributed by atoms with van der Waals surface area (Å²) in [6.07, 6.45) is 0. The van der Waals surface area contributed by atoms with E-state index < -0.39 is 0 Å². The second-order valence-electron chi connectivity index (χ2n) is 6.61. The number of halogens is 2. The highest BCUT2D eigenvalue weighted by Gasteiger charge is 2.28. The fourth-order valence-corrected chi connectivity index (χ4v) is 2.76. The molecule has 0 unspecified atom stereocenters. The van der Waals surface area contributed by atoms with Crippen LogP contribution in [0.1, 0.15) is 25.0 Å². The Morgan fingerprint density at radius 3 is 2.65 bits per heavy atom. The molecule has 1 aliphatic rings. The number of nitriles is 1. The predicted octanol–water partition coefficient (Wildman–Crippen LogP) is 2.09. The monoisotopic (exact) mass is 475 g/mol. The van der Waals surface area contributed by atoms with Gasteiger partial charge in [-0.25, -0.2) is 4.39 Å². The Bertz CT molecular complexity index is 653. The van der Waals surface area contributed by atoms with Gasteiger partial charge in [-0.3, -0.25) is 9.89 Å². The summed E-state index contributed by atoms with van der Waals surface area (Å²) in [6.45, 7) is 8.64. The minimum Gasteiger partial charge on any atom is -0.379 e. The van der Waals surface area contributed by atoms with Crippen molar-refractivity contribution in [3.05, 3.63) is 35.1 Å². The Morgan fingerprint density at radius 1 is 1.35 bits per heavy atom. The molecule has 0 bridgehead atoms. The summed E-state index contributed by atoms with van der Waals surface area (Å²) >= 11 is 0. The summed E-state index contributed by atoms with van der Waals surface area (Å²) in [7, 11) is 1.68. The van der Waals surface area contributed by atoms with E-state index >= 15 is 0 Å². The average Bonchev–Trinajstić information content (AvgIpc) is 2.64. The number of aliphatic imine (C=N–C) groups is 1. The maximum atomic E-state index is 13.9. The number of ether oxygens (including phenoxy) is 1. The summed E-state index contributed by atoms with van der Waals surface area (Å²) < 4.78 is 19.3. The molecule has 1 fully saturated rings. The number of nitrogens with one attached hydrogen (secondary N) is 2. The molecule has 2 rings (SSSR count). The van der Waals surface area contributed by atoms with Crippen molar-refractivity contribution >= 4 is 29.9 Å². The normalized spacial score (nSPS) is 15.7. The van der Waals surface area contributed by atoms with Gasteiger partial charge in [0.15, 0.2) is 5.96 Å². The van der Waals surface area contributed by atoms with Crippen molar-refractivity contribution in [2.45, 2.75) is 25.9 Å². The second kappa shape index (κ2) is 10.6. The lowest BCUT2D eigenvalue weighted by Gasteiger charge is -2.41. The Hall–Kier alpha value is -1.44. The first-order valence-electron chi connectivity index (χ1n) is 8.42. The van der Waals surface area contributed by atoms with Crippen LogP contribution in [0, 0.1) is 17.1 Å². The van der Waals surface area contributed by atoms with Crippen LogP contribution in [0.5, 0.6) is 0 Å². The van der Waals surface area contributed by atoms with E-state index in [0.29, 0.717) is 23.6 Å². The summed E-state index contributed by atoms with van der Waals surface area (Å²) in [5, 5.41) is 15.3. The lowest BCUT2D eigenvalue weighted by atomic mass is 10.0. The van der Waals surface area contributed by atoms with Crippen molar-refractivity contribution in [2.24, 2.45) is 4.99 Å². The van der Waals surface area contributed by atoms with E-state index in [1.807, 2.05) is 6.07 Å². The standard InChI is InChI=1S/C18H26FN5O.HI/c1-18(2,24-6-8-25-9-7-24)13-23-17(21-3)22-12-15-10-14(11-20)4-5-16(15)19;/h4-5,10H,6-9,12-13H2,1-3H3,(H2,21,22,23);1H. The van der Waals surface area contributed by atoms with Crippen LogP contribution in [-0.2, 0) is 11.3 Å². The molecule has 1 heterocycles. The van der Waals surface area contributed by atoms with Crippen LogP contribution < -0.4 is 10.6 Å². The number of morpholine rings is 1. The first-order chi connectivity index (χ1) is 12.0. The van der Waals surface area contributed by atoms with Crippen LogP contribution in [0.25, 0.3) is 0 Å². The summed E-state index contributed by atoms with van der Waals surface area (Å²) in [5.74, 6) is 0.263. The zero-order chi connectivity index (χ0) is 18.3. The van der Waals surface area contributed by atoms with Gasteiger partial charge in [0.2, 0.25) is 0 Å². The van der Waals surface area contributed by atoms with Gasteiger partial charge in [0.1, 0.15) is 5.82 Å². The predicted molar refractivity (Wildman–Crippen MR) is 111 cm³/mol. The van der Waals surface area contributed by atoms with E-state index in [1.54, 1.807) is 13.1 Å². The highest BCUT2D eigenvalue weighted by molar-refractivity contribution is 14.0. The molecule has 0 spiro atoms. The van der Waals surface area contributed by atoms with Crippen molar-refractivity contribution in [2.75, 3.05) is 39.9 Å². The number of benzene rings is 1. The number of hydrogen-bond acceptors (Lipinski definition) is 4. The molecule has 1 aliphatic heterocycles. The molecule has 0 amide bonds. The molecule has 0 radical (unpaired) electrons. The smallest absolute Gasteiger partial charge is 0.191 e. The van der Waals surface area contributed by atoms with E-state index in [2.05, 4.69) is 34.4 Å². The van der Waals surface area contributed by atoms with Gasteiger partial charge >= 0.3 is 0 Å². The van der Waals surface area contributed by atoms with E-state index in [9.17, 15) is 4.39 Å². The third kappa shape index (κ3) is 6.37. The van der Waals surface area contributed by atoms with E-state index in [4.69, 9.17) is 10.00 Å². The number of guanidine groups is 1. The number of hydrogen-bond donors (Lipinski definition) is 2. The van der Waals surface area contributed by atoms with E-state index in [1.165, 1.54) is 12.1 Å². The fraction of sp³-hybridized carbons (Fsp3) is 0.556. The zero-order valence-corrected chi connectivity index (χ0v) is 17.8. The first-order valence-corrected chi connectivity index (χ1v) is 8.42. The number of rotatable bonds is 5. The zero-order valence-electron chi connectivity index (χ0n) is 15.5. The molecule has 0 aliphatic carbocycles. The molecule has 1 aromatic rings. The molecule has 6 nitrogen and oxygen atoms in total. The van der Waals surface area contributed by atoms with Gasteiger partial charge in [-0.2, -0.15) is 5.26 Å². The van der Waals surface area contributed by atoms with Crippen molar-refractivity contribution in [3.8, 4) is 6.07 Å². The van der Waals surface area contributed by atoms with Crippen LogP contribution in [0.2, 0.25) is 0 Å². The van der Waals surface area contributed by atoms with Crippen molar-refractivity contribution < 1.29 is 9.13 Å². The Morgan fingerprint density at radius 2 is 2.04 bits per heavy atom. The largest absolute Gasteiger partial charge is 0.379 e. The van der Waals surface area contributed by atoms with E-state index in [0.717, 1.165) is 26.3 Å². The maximum Gasteiger partial charge on any atom is 0.191 e. The summed E-state index contributed by atoms with van der Waals surface area (Å²) in [4.78, 5) is 6.57. The van der Waals surface area contributed by atoms with Gasteiger partial charge in [-0.1, -0.05) is 0 Å². The molecule has 0 saturated carbocycles. The third-order valence-corrected chi connectivity index (χ3v) is 4.40. The third-order valence-electron chi connectivity index (χ3n) is 4.40. The van der Waals surface area contributed by atoms with Crippen molar-refractivity contribution in [1.29, 1.82) is 5.26 Å². The van der Waals surface area contributed by atoms with Crippen LogP contribution in [-0.4, -0.2) is 56.3 Å². The topological polar surface area (TPSA) is 72.7 Å². The van der Waals surface area contributed by atoms with Crippen molar-refractivity contribution in [3.63, 3.8) is 0 Å². The average molecular weight is 475 g/mol. The Balaban J connectivity index is 0.00000338. The molecule has 0 aromatic heterocycles. The minimum atomic E-state index is -0.337. The maximum absolute atomic E-state index is 13.9. The van der Waals surface area contributed by atoms with E-state index in [-0.39, 0.29) is 41.9 Å². The van der Waals surface area contributed by atoms with Gasteiger partial charge < -0.3 is 15.4 Å². The molecular formula is C18H27FIN5O. The highest BCUT2D eigenvalue weighted by atomic mass is 127. The van der Waals surface area contributed by atoms with Gasteiger partial charge in [-0.15, -0.1) is 24.0 Å². The molecule has 8 heteroatoms. The molecular weight excluding hydrogens is 448 g/mol. The van der Waals surface area contributed by atoms with Gasteiger partial charge in [0, 0.05) is 44.3 Å². The van der Waals surface area contributed by atoms with Gasteiger partial charge in [-0.05, 0) is 32.0 Å². The highest BCUT2D eigenvalue weighted by Crippen LogP contribution is 2.15. The first kappa shape index (κ1) is 22.6. The molecule has 2 N–H and O–H groups in total. The number of nitrogens with zero attached hydrogens (tertiary/aromatic N) is 3. The summed E-state index contributed by atoms with van der Waals surface area (Å²) in [5.41, 5.74) is 0.830. The molecule has 144 valence electrons. The summed E-state index contributed by atoms with van der Waals surface area (Å²) in [6, 6.07) is 6.35. The van der Waals surface area contributed by atoms with Crippen molar-refractivity contribution in [1.82, 2.24) is 15.5 Å². The fourth-order valence-electron chi connectivity index (χ4n) is 2.76. The molecule has 1 saturated heterocycles. The lowest BCUT2D eigenvalue weighted by Crippen LogP contribution is -2.56. The Labute approximate surface area is 171 Å². The lowest BCUT2D eigenvalue weighted by molar-refractivity contribution is -0.00834. The van der Waals surface area contributed by atoms with Crippen LogP contribution in [0.4, 0.5) is 4.39 Å². The molecule has 1 aromatic carbocycles. The quantitative estimate of drug-likeness (QED) is 0.388.